The molecule has 8 atom stereocenters. The first-order valence-electron chi connectivity index (χ1n) is 12.9. The van der Waals surface area contributed by atoms with Crippen LogP contribution in [0.2, 0.25) is 0 Å². The van der Waals surface area contributed by atoms with E-state index in [4.69, 9.17) is 0 Å². The summed E-state index contributed by atoms with van der Waals surface area (Å²) in [5, 5.41) is 10.2. The van der Waals surface area contributed by atoms with Gasteiger partial charge in [-0.2, -0.15) is 0 Å². The van der Waals surface area contributed by atoms with E-state index in [2.05, 4.69) is 31.7 Å². The SMILES string of the molecule is C[C@H](CN1CCCC(=O)C1)[C@H]1CC[C@H]2[C@@H]3CC=C4C[C@@H](O)CC[C@]4(C)[C@H]3CC[C@]12C. The summed E-state index contributed by atoms with van der Waals surface area (Å²) in [6, 6.07) is 0. The fourth-order valence-electron chi connectivity index (χ4n) is 9.21. The van der Waals surface area contributed by atoms with Gasteiger partial charge in [0.15, 0.2) is 0 Å². The molecule has 4 aliphatic carbocycles. The lowest BCUT2D eigenvalue weighted by molar-refractivity contribution is -0.122. The summed E-state index contributed by atoms with van der Waals surface area (Å²) in [5.41, 5.74) is 2.42. The minimum atomic E-state index is -0.104. The minimum Gasteiger partial charge on any atom is -0.393 e. The summed E-state index contributed by atoms with van der Waals surface area (Å²) < 4.78 is 0. The molecule has 0 bridgehead atoms. The molecule has 3 saturated carbocycles. The number of carbonyl (C=O) groups is 1. The number of ketones is 1. The molecule has 0 aromatic rings. The summed E-state index contributed by atoms with van der Waals surface area (Å²) in [6.45, 7) is 10.6. The third-order valence-corrected chi connectivity index (χ3v) is 10.7. The van der Waals surface area contributed by atoms with Crippen molar-refractivity contribution >= 4 is 5.78 Å². The van der Waals surface area contributed by atoms with Crippen molar-refractivity contribution < 1.29 is 9.90 Å². The van der Waals surface area contributed by atoms with Crippen LogP contribution in [0.25, 0.3) is 0 Å². The van der Waals surface area contributed by atoms with E-state index in [1.165, 1.54) is 38.5 Å². The van der Waals surface area contributed by atoms with Crippen molar-refractivity contribution in [2.24, 2.45) is 40.4 Å². The molecule has 0 aromatic carbocycles. The summed E-state index contributed by atoms with van der Waals surface area (Å²) in [6.07, 6.45) is 14.2. The second-order valence-electron chi connectivity index (χ2n) is 12.2. The Balaban J connectivity index is 1.32. The molecule has 0 amide bonds. The highest BCUT2D eigenvalue weighted by atomic mass is 16.3. The average molecular weight is 414 g/mol. The molecule has 1 heterocycles. The van der Waals surface area contributed by atoms with E-state index in [1.54, 1.807) is 5.57 Å². The molecule has 0 spiro atoms. The van der Waals surface area contributed by atoms with Gasteiger partial charge in [0.2, 0.25) is 0 Å². The third-order valence-electron chi connectivity index (χ3n) is 10.7. The van der Waals surface area contributed by atoms with Crippen LogP contribution >= 0.6 is 0 Å². The van der Waals surface area contributed by atoms with Crippen molar-refractivity contribution in [2.45, 2.75) is 91.1 Å². The Hall–Kier alpha value is -0.670. The Kier molecular flexibility index (Phi) is 5.46. The zero-order chi connectivity index (χ0) is 21.1. The van der Waals surface area contributed by atoms with Crippen molar-refractivity contribution in [3.05, 3.63) is 11.6 Å². The molecule has 0 radical (unpaired) electrons. The maximum absolute atomic E-state index is 11.9. The number of piperidine rings is 1. The highest BCUT2D eigenvalue weighted by Gasteiger charge is 2.59. The molecule has 5 aliphatic rings. The van der Waals surface area contributed by atoms with Gasteiger partial charge in [-0.25, -0.2) is 0 Å². The molecule has 4 fully saturated rings. The number of rotatable bonds is 3. The molecule has 1 N–H and O–H groups in total. The van der Waals surface area contributed by atoms with Gasteiger partial charge in [-0.05, 0) is 105 Å². The number of aliphatic hydroxyl groups excluding tert-OH is 1. The van der Waals surface area contributed by atoms with Gasteiger partial charge in [-0.15, -0.1) is 0 Å². The first-order valence-corrected chi connectivity index (χ1v) is 12.9. The fraction of sp³-hybridized carbons (Fsp3) is 0.889. The Bertz CT molecular complexity index is 716. The number of fused-ring (bicyclic) bond motifs is 5. The molecule has 30 heavy (non-hydrogen) atoms. The van der Waals surface area contributed by atoms with E-state index >= 15 is 0 Å². The predicted molar refractivity (Wildman–Crippen MR) is 121 cm³/mol. The van der Waals surface area contributed by atoms with E-state index in [0.717, 1.165) is 62.4 Å². The van der Waals surface area contributed by atoms with Gasteiger partial charge in [0.05, 0.1) is 12.6 Å². The zero-order valence-corrected chi connectivity index (χ0v) is 19.5. The number of allylic oxidation sites excluding steroid dienone is 1. The number of Topliss-reactive ketones (excluding diaryl/α,β-unsaturated/α-hetero) is 1. The van der Waals surface area contributed by atoms with Gasteiger partial charge >= 0.3 is 0 Å². The van der Waals surface area contributed by atoms with Gasteiger partial charge in [0, 0.05) is 13.0 Å². The Labute approximate surface area is 183 Å². The van der Waals surface area contributed by atoms with E-state index in [-0.39, 0.29) is 6.10 Å². The van der Waals surface area contributed by atoms with Crippen molar-refractivity contribution in [3.8, 4) is 0 Å². The summed E-state index contributed by atoms with van der Waals surface area (Å²) in [7, 11) is 0. The summed E-state index contributed by atoms with van der Waals surface area (Å²) in [4.78, 5) is 14.4. The standard InChI is InChI=1S/C27H43NO2/c1-18(16-28-14-4-5-21(30)17-28)23-8-9-24-22-7-6-19-15-20(29)10-12-26(19,2)25(22)11-13-27(23,24)3/h6,18,20,22-25,29H,4-5,7-17H2,1-3H3/t18-,20+,22+,23-,24+,25+,26+,27-/m1/s1. The van der Waals surface area contributed by atoms with Crippen LogP contribution in [0.4, 0.5) is 0 Å². The maximum atomic E-state index is 11.9. The lowest BCUT2D eigenvalue weighted by atomic mass is 9.47. The average Bonchev–Trinajstić information content (AvgIpc) is 3.06. The first-order chi connectivity index (χ1) is 14.3. The van der Waals surface area contributed by atoms with E-state index < -0.39 is 0 Å². The van der Waals surface area contributed by atoms with Crippen LogP contribution in [0.1, 0.15) is 85.0 Å². The Morgan fingerprint density at radius 1 is 1.17 bits per heavy atom. The number of aliphatic hydroxyl groups is 1. The predicted octanol–water partition coefficient (Wildman–Crippen LogP) is 5.23. The molecular formula is C27H43NO2. The minimum absolute atomic E-state index is 0.104. The number of nitrogens with zero attached hydrogens (tertiary/aromatic N) is 1. The maximum Gasteiger partial charge on any atom is 0.146 e. The van der Waals surface area contributed by atoms with E-state index in [9.17, 15) is 9.90 Å². The third kappa shape index (κ3) is 3.34. The number of hydrogen-bond acceptors (Lipinski definition) is 3. The van der Waals surface area contributed by atoms with E-state index in [1.807, 2.05) is 0 Å². The van der Waals surface area contributed by atoms with Crippen molar-refractivity contribution in [3.63, 3.8) is 0 Å². The molecule has 3 nitrogen and oxygen atoms in total. The Morgan fingerprint density at radius 2 is 2.00 bits per heavy atom. The molecule has 3 heteroatoms. The number of likely N-dealkylation sites (tertiary alicyclic amines) is 1. The highest BCUT2D eigenvalue weighted by Crippen LogP contribution is 2.67. The van der Waals surface area contributed by atoms with E-state index in [0.29, 0.717) is 29.1 Å². The number of hydrogen-bond donors (Lipinski definition) is 1. The lowest BCUT2D eigenvalue weighted by Gasteiger charge is -2.58. The van der Waals surface area contributed by atoms with Crippen molar-refractivity contribution in [1.29, 1.82) is 0 Å². The van der Waals surface area contributed by atoms with Crippen LogP contribution in [0, 0.1) is 40.4 Å². The van der Waals surface area contributed by atoms with Gasteiger partial charge in [0.25, 0.3) is 0 Å². The molecule has 0 unspecified atom stereocenters. The zero-order valence-electron chi connectivity index (χ0n) is 19.5. The van der Waals surface area contributed by atoms with Crippen LogP contribution in [-0.4, -0.2) is 41.5 Å². The highest BCUT2D eigenvalue weighted by molar-refractivity contribution is 5.81. The molecule has 1 saturated heterocycles. The molecule has 5 rings (SSSR count). The monoisotopic (exact) mass is 413 g/mol. The summed E-state index contributed by atoms with van der Waals surface area (Å²) >= 11 is 0. The lowest BCUT2D eigenvalue weighted by Crippen LogP contribution is -2.51. The molecule has 0 aromatic heterocycles. The summed E-state index contributed by atoms with van der Waals surface area (Å²) in [5.74, 6) is 4.50. The van der Waals surface area contributed by atoms with Crippen LogP contribution < -0.4 is 0 Å². The second kappa shape index (κ2) is 7.73. The van der Waals surface area contributed by atoms with Crippen LogP contribution in [0.3, 0.4) is 0 Å². The van der Waals surface area contributed by atoms with Crippen molar-refractivity contribution in [2.75, 3.05) is 19.6 Å². The van der Waals surface area contributed by atoms with Crippen LogP contribution in [0.5, 0.6) is 0 Å². The smallest absolute Gasteiger partial charge is 0.146 e. The fourth-order valence-corrected chi connectivity index (χ4v) is 9.21. The molecular weight excluding hydrogens is 370 g/mol. The van der Waals surface area contributed by atoms with Crippen molar-refractivity contribution in [1.82, 2.24) is 4.90 Å². The van der Waals surface area contributed by atoms with Gasteiger partial charge in [-0.1, -0.05) is 32.4 Å². The second-order valence-corrected chi connectivity index (χ2v) is 12.2. The van der Waals surface area contributed by atoms with Gasteiger partial charge in [0.1, 0.15) is 5.78 Å². The normalized spacial score (nSPS) is 47.8. The topological polar surface area (TPSA) is 40.5 Å². The van der Waals surface area contributed by atoms with Gasteiger partial charge < -0.3 is 5.11 Å². The quantitative estimate of drug-likeness (QED) is 0.644. The van der Waals surface area contributed by atoms with Gasteiger partial charge in [-0.3, -0.25) is 9.69 Å². The molecule has 168 valence electrons. The molecule has 1 aliphatic heterocycles. The van der Waals surface area contributed by atoms with Crippen LogP contribution in [0.15, 0.2) is 11.6 Å². The largest absolute Gasteiger partial charge is 0.393 e. The van der Waals surface area contributed by atoms with Crippen LogP contribution in [-0.2, 0) is 4.79 Å². The first kappa shape index (κ1) is 21.2. The Morgan fingerprint density at radius 3 is 2.80 bits per heavy atom. The number of carbonyl (C=O) groups excluding carboxylic acids is 1.